The standard InChI is InChI=1S/C29H37F3N4O6/c1-6-40-26(37)24-23(19-8-7-12-34-25(19)39-5)20-15-18(41-29(30,31)32)9-10-21(20)36(24)16-17-11-13-33-22(14-17)35-27(38)42-28(2,3)4/h8-10,13-15,17,20-21,23-24H,6-7,11-12,16H2,1-5H3,(H,35,38). The van der Waals surface area contributed by atoms with Gasteiger partial charge in [0.05, 0.1) is 13.7 Å². The van der Waals surface area contributed by atoms with Crippen molar-refractivity contribution in [1.29, 1.82) is 0 Å². The number of methoxy groups -OCH3 is 1. The molecule has 42 heavy (non-hydrogen) atoms. The molecule has 1 N–H and O–H groups in total. The van der Waals surface area contributed by atoms with Crippen molar-refractivity contribution in [3.8, 4) is 0 Å². The van der Waals surface area contributed by atoms with E-state index in [0.717, 1.165) is 0 Å². The number of carbonyl (C=O) groups is 2. The second kappa shape index (κ2) is 12.7. The second-order valence-electron chi connectivity index (χ2n) is 11.3. The number of halogens is 3. The third-order valence-electron chi connectivity index (χ3n) is 7.12. The molecule has 1 fully saturated rings. The smallest absolute Gasteiger partial charge is 0.481 e. The highest BCUT2D eigenvalue weighted by molar-refractivity contribution is 5.96. The highest BCUT2D eigenvalue weighted by atomic mass is 19.4. The van der Waals surface area contributed by atoms with Gasteiger partial charge in [0.15, 0.2) is 0 Å². The van der Waals surface area contributed by atoms with Crippen LogP contribution in [0.25, 0.3) is 0 Å². The monoisotopic (exact) mass is 594 g/mol. The Labute approximate surface area is 243 Å². The van der Waals surface area contributed by atoms with E-state index in [1.54, 1.807) is 46.1 Å². The Hall–Kier alpha value is -3.61. The van der Waals surface area contributed by atoms with Crippen molar-refractivity contribution in [3.05, 3.63) is 47.5 Å². The lowest BCUT2D eigenvalue weighted by molar-refractivity contribution is -0.303. The summed E-state index contributed by atoms with van der Waals surface area (Å²) < 4.78 is 60.2. The Kier molecular flexibility index (Phi) is 9.49. The van der Waals surface area contributed by atoms with Gasteiger partial charge in [0, 0.05) is 42.8 Å². The minimum atomic E-state index is -4.87. The van der Waals surface area contributed by atoms with Crippen LogP contribution in [0.15, 0.2) is 57.5 Å². The van der Waals surface area contributed by atoms with Gasteiger partial charge in [-0.25, -0.2) is 9.79 Å². The van der Waals surface area contributed by atoms with Crippen molar-refractivity contribution in [2.45, 2.75) is 64.6 Å². The number of rotatable bonds is 7. The molecule has 0 aromatic heterocycles. The van der Waals surface area contributed by atoms with Crippen molar-refractivity contribution < 1.29 is 41.7 Å². The van der Waals surface area contributed by atoms with Gasteiger partial charge in [0.2, 0.25) is 5.90 Å². The molecule has 10 nitrogen and oxygen atoms in total. The van der Waals surface area contributed by atoms with Crippen LogP contribution in [0.5, 0.6) is 0 Å². The SMILES string of the molecule is CCOC(=O)C1C(C2=CCCN=C2OC)C2C=C(OC(F)(F)F)C=CC2N1CC1C=C(NC(=O)OC(C)(C)C)N=CC1. The van der Waals surface area contributed by atoms with Crippen molar-refractivity contribution in [3.63, 3.8) is 0 Å². The molecule has 230 valence electrons. The summed E-state index contributed by atoms with van der Waals surface area (Å²) in [5.41, 5.74) is -0.0482. The first-order chi connectivity index (χ1) is 19.8. The van der Waals surface area contributed by atoms with Crippen molar-refractivity contribution in [2.24, 2.45) is 27.7 Å². The first-order valence-corrected chi connectivity index (χ1v) is 13.9. The molecule has 0 radical (unpaired) electrons. The van der Waals surface area contributed by atoms with Gasteiger partial charge in [0.1, 0.15) is 23.2 Å². The molecular weight excluding hydrogens is 557 g/mol. The number of allylic oxidation sites excluding steroid dienone is 1. The molecule has 0 saturated carbocycles. The highest BCUT2D eigenvalue weighted by Crippen LogP contribution is 2.46. The second-order valence-corrected chi connectivity index (χ2v) is 11.3. The Morgan fingerprint density at radius 3 is 2.62 bits per heavy atom. The fourth-order valence-electron chi connectivity index (χ4n) is 5.77. The predicted octanol–water partition coefficient (Wildman–Crippen LogP) is 4.66. The molecule has 5 atom stereocenters. The first kappa shape index (κ1) is 31.3. The first-order valence-electron chi connectivity index (χ1n) is 13.9. The number of nitrogens with one attached hydrogen (secondary N) is 1. The number of amides is 1. The highest BCUT2D eigenvalue weighted by Gasteiger charge is 2.54. The summed E-state index contributed by atoms with van der Waals surface area (Å²) in [5, 5.41) is 2.65. The fraction of sp³-hybridized carbons (Fsp3) is 0.586. The summed E-state index contributed by atoms with van der Waals surface area (Å²) in [5.74, 6) is -1.58. The summed E-state index contributed by atoms with van der Waals surface area (Å²) in [7, 11) is 1.47. The topological polar surface area (TPSA) is 111 Å². The molecule has 1 aliphatic carbocycles. The summed E-state index contributed by atoms with van der Waals surface area (Å²) in [6.07, 6.45) is 5.31. The van der Waals surface area contributed by atoms with E-state index in [-0.39, 0.29) is 18.3 Å². The number of carbonyl (C=O) groups excluding carboxylic acids is 2. The third kappa shape index (κ3) is 7.61. The lowest BCUT2D eigenvalue weighted by Crippen LogP contribution is -2.46. The predicted molar refractivity (Wildman–Crippen MR) is 148 cm³/mol. The van der Waals surface area contributed by atoms with Crippen LogP contribution < -0.4 is 5.32 Å². The molecule has 0 bridgehead atoms. The van der Waals surface area contributed by atoms with Crippen LogP contribution in [0.4, 0.5) is 18.0 Å². The van der Waals surface area contributed by atoms with Gasteiger partial charge in [0.25, 0.3) is 0 Å². The van der Waals surface area contributed by atoms with Crippen molar-refractivity contribution >= 4 is 24.2 Å². The maximum atomic E-state index is 13.6. The van der Waals surface area contributed by atoms with E-state index in [4.69, 9.17) is 14.2 Å². The lowest BCUT2D eigenvalue weighted by Gasteiger charge is -2.33. The van der Waals surface area contributed by atoms with E-state index in [2.05, 4.69) is 20.0 Å². The average molecular weight is 595 g/mol. The van der Waals surface area contributed by atoms with Crippen LogP contribution >= 0.6 is 0 Å². The molecule has 4 rings (SSSR count). The maximum Gasteiger partial charge on any atom is 0.573 e. The number of ether oxygens (including phenoxy) is 4. The van der Waals surface area contributed by atoms with Crippen molar-refractivity contribution in [2.75, 3.05) is 26.8 Å². The van der Waals surface area contributed by atoms with E-state index in [1.807, 2.05) is 11.0 Å². The number of likely N-dealkylation sites (tertiary alicyclic amines) is 1. The number of alkyl halides is 3. The number of fused-ring (bicyclic) bond motifs is 1. The molecule has 5 unspecified atom stereocenters. The Bertz CT molecular complexity index is 1230. The summed E-state index contributed by atoms with van der Waals surface area (Å²) in [6.45, 7) is 7.91. The van der Waals surface area contributed by atoms with E-state index in [1.165, 1.54) is 19.3 Å². The van der Waals surface area contributed by atoms with Crippen LogP contribution in [-0.4, -0.2) is 79.9 Å². The number of aliphatic imine (C=N–C) groups is 2. The molecule has 4 aliphatic rings. The van der Waals surface area contributed by atoms with Gasteiger partial charge in [-0.15, -0.1) is 13.2 Å². The summed E-state index contributed by atoms with van der Waals surface area (Å²) in [4.78, 5) is 36.6. The molecule has 3 aliphatic heterocycles. The number of hydrogen-bond donors (Lipinski definition) is 1. The molecule has 13 heteroatoms. The number of hydrogen-bond acceptors (Lipinski definition) is 9. The fourth-order valence-corrected chi connectivity index (χ4v) is 5.77. The normalized spacial score (nSPS) is 27.7. The maximum absolute atomic E-state index is 13.6. The minimum absolute atomic E-state index is 0.129. The van der Waals surface area contributed by atoms with E-state index in [0.29, 0.717) is 43.2 Å². The van der Waals surface area contributed by atoms with Gasteiger partial charge < -0.3 is 18.9 Å². The van der Waals surface area contributed by atoms with Crippen molar-refractivity contribution in [1.82, 2.24) is 10.2 Å². The Morgan fingerprint density at radius 1 is 1.19 bits per heavy atom. The number of alkyl carbamates (subject to hydrolysis) is 1. The van der Waals surface area contributed by atoms with E-state index < -0.39 is 47.9 Å². The van der Waals surface area contributed by atoms with Crippen LogP contribution in [0.3, 0.4) is 0 Å². The van der Waals surface area contributed by atoms with Crippen LogP contribution in [-0.2, 0) is 23.7 Å². The van der Waals surface area contributed by atoms with Gasteiger partial charge in [-0.05, 0) is 64.7 Å². The van der Waals surface area contributed by atoms with Gasteiger partial charge >= 0.3 is 18.4 Å². The molecule has 1 amide bonds. The largest absolute Gasteiger partial charge is 0.573 e. The third-order valence-corrected chi connectivity index (χ3v) is 7.12. The molecule has 0 spiro atoms. The van der Waals surface area contributed by atoms with Gasteiger partial charge in [-0.2, -0.15) is 0 Å². The van der Waals surface area contributed by atoms with Gasteiger partial charge in [-0.1, -0.05) is 12.2 Å². The molecule has 3 heterocycles. The van der Waals surface area contributed by atoms with Gasteiger partial charge in [-0.3, -0.25) is 20.0 Å². The Balaban J connectivity index is 1.69. The average Bonchev–Trinajstić information content (AvgIpc) is 3.20. The number of nitrogens with zero attached hydrogens (tertiary/aromatic N) is 3. The van der Waals surface area contributed by atoms with Crippen LogP contribution in [0, 0.1) is 17.8 Å². The summed E-state index contributed by atoms with van der Waals surface area (Å²) in [6, 6.07) is -1.31. The molecule has 1 saturated heterocycles. The quantitative estimate of drug-likeness (QED) is 0.427. The zero-order valence-electron chi connectivity index (χ0n) is 24.3. The number of esters is 1. The zero-order valence-corrected chi connectivity index (χ0v) is 24.3. The van der Waals surface area contributed by atoms with Crippen LogP contribution in [0.2, 0.25) is 0 Å². The number of dihydropyridines is 1. The van der Waals surface area contributed by atoms with E-state index in [9.17, 15) is 22.8 Å². The minimum Gasteiger partial charge on any atom is -0.481 e. The molecular formula is C29H37F3N4O6. The zero-order chi connectivity index (χ0) is 30.7. The van der Waals surface area contributed by atoms with E-state index >= 15 is 0 Å². The molecule has 0 aromatic carbocycles. The lowest BCUT2D eigenvalue weighted by atomic mass is 9.78. The summed E-state index contributed by atoms with van der Waals surface area (Å²) >= 11 is 0. The van der Waals surface area contributed by atoms with Crippen LogP contribution in [0.1, 0.15) is 40.5 Å². The Morgan fingerprint density at radius 2 is 1.95 bits per heavy atom. The molecule has 0 aromatic rings.